The van der Waals surface area contributed by atoms with E-state index in [1.165, 1.54) is 36.7 Å². The van der Waals surface area contributed by atoms with E-state index in [1.807, 2.05) is 30.3 Å². The van der Waals surface area contributed by atoms with Crippen molar-refractivity contribution in [3.8, 4) is 11.5 Å². The van der Waals surface area contributed by atoms with E-state index in [9.17, 15) is 4.79 Å². The van der Waals surface area contributed by atoms with Crippen molar-refractivity contribution in [2.24, 2.45) is 0 Å². The molecule has 0 bridgehead atoms. The number of piperidine rings is 1. The highest BCUT2D eigenvalue weighted by Gasteiger charge is 2.14. The van der Waals surface area contributed by atoms with E-state index in [0.29, 0.717) is 21.7 Å². The second-order valence-corrected chi connectivity index (χ2v) is 8.12. The zero-order valence-corrected chi connectivity index (χ0v) is 17.4. The molecule has 1 fully saturated rings. The van der Waals surface area contributed by atoms with Crippen LogP contribution in [0.2, 0.25) is 5.02 Å². The van der Waals surface area contributed by atoms with Gasteiger partial charge in [0.15, 0.2) is 0 Å². The summed E-state index contributed by atoms with van der Waals surface area (Å²) in [6, 6.07) is 15.2. The second kappa shape index (κ2) is 9.33. The van der Waals surface area contributed by atoms with Gasteiger partial charge in [0.05, 0.1) is 16.3 Å². The number of anilines is 2. The quantitative estimate of drug-likeness (QED) is 0.550. The van der Waals surface area contributed by atoms with E-state index >= 15 is 0 Å². The summed E-state index contributed by atoms with van der Waals surface area (Å²) in [5, 5.41) is 11.8. The van der Waals surface area contributed by atoms with Crippen LogP contribution in [-0.2, 0) is 4.79 Å². The number of benzene rings is 2. The summed E-state index contributed by atoms with van der Waals surface area (Å²) in [6.45, 7) is 2.20. The molecule has 6 nitrogen and oxygen atoms in total. The van der Waals surface area contributed by atoms with E-state index in [2.05, 4.69) is 32.5 Å². The minimum absolute atomic E-state index is 0.127. The maximum absolute atomic E-state index is 12.2. The van der Waals surface area contributed by atoms with E-state index < -0.39 is 0 Å². The molecular formula is C21H21ClN4O2S. The Morgan fingerprint density at radius 1 is 1.07 bits per heavy atom. The first-order valence-corrected chi connectivity index (χ1v) is 10.9. The number of nitrogens with zero attached hydrogens (tertiary/aromatic N) is 3. The van der Waals surface area contributed by atoms with Crippen molar-refractivity contribution in [3.05, 3.63) is 53.6 Å². The monoisotopic (exact) mass is 428 g/mol. The first kappa shape index (κ1) is 19.8. The number of rotatable bonds is 6. The Balaban J connectivity index is 1.30. The summed E-state index contributed by atoms with van der Waals surface area (Å²) in [5.74, 6) is 0.392. The van der Waals surface area contributed by atoms with Crippen LogP contribution < -0.4 is 10.2 Å². The molecule has 1 aliphatic rings. The molecule has 2 aromatic carbocycles. The lowest BCUT2D eigenvalue weighted by Gasteiger charge is -2.28. The lowest BCUT2D eigenvalue weighted by molar-refractivity contribution is -0.113. The van der Waals surface area contributed by atoms with E-state index in [0.717, 1.165) is 18.8 Å². The van der Waals surface area contributed by atoms with Crippen LogP contribution in [-0.4, -0.2) is 34.9 Å². The highest BCUT2D eigenvalue weighted by molar-refractivity contribution is 7.99. The molecule has 0 atom stereocenters. The Morgan fingerprint density at radius 2 is 1.83 bits per heavy atom. The van der Waals surface area contributed by atoms with Crippen LogP contribution in [0.15, 0.2) is 58.2 Å². The number of nitrogens with one attached hydrogen (secondary N) is 1. The molecular weight excluding hydrogens is 408 g/mol. The van der Waals surface area contributed by atoms with Crippen LogP contribution >= 0.6 is 23.4 Å². The van der Waals surface area contributed by atoms with Gasteiger partial charge in [-0.2, -0.15) is 0 Å². The number of hydrogen-bond acceptors (Lipinski definition) is 6. The third-order valence-electron chi connectivity index (χ3n) is 4.71. The number of amides is 1. The molecule has 1 aromatic heterocycles. The van der Waals surface area contributed by atoms with Gasteiger partial charge in [-0.1, -0.05) is 35.5 Å². The van der Waals surface area contributed by atoms with Gasteiger partial charge in [-0.3, -0.25) is 4.79 Å². The highest BCUT2D eigenvalue weighted by atomic mass is 35.5. The number of hydrogen-bond donors (Lipinski definition) is 1. The number of halogens is 1. The van der Waals surface area contributed by atoms with Crippen molar-refractivity contribution in [1.82, 2.24) is 10.2 Å². The first-order chi connectivity index (χ1) is 14.2. The number of aromatic nitrogens is 2. The Kier molecular flexibility index (Phi) is 6.36. The second-order valence-electron chi connectivity index (χ2n) is 6.78. The summed E-state index contributed by atoms with van der Waals surface area (Å²) in [4.78, 5) is 14.6. The topological polar surface area (TPSA) is 71.3 Å². The van der Waals surface area contributed by atoms with Gasteiger partial charge in [0.1, 0.15) is 0 Å². The van der Waals surface area contributed by atoms with E-state index in [1.54, 1.807) is 6.07 Å². The predicted octanol–water partition coefficient (Wildman–Crippen LogP) is 5.11. The van der Waals surface area contributed by atoms with Crippen molar-refractivity contribution < 1.29 is 9.21 Å². The van der Waals surface area contributed by atoms with Crippen LogP contribution in [0.5, 0.6) is 0 Å². The standard InChI is InChI=1S/C21H21ClN4O2S/c22-18-7-3-2-6-17(18)20-24-25-21(28-20)29-14-19(27)23-15-8-10-16(11-9-15)26-12-4-1-5-13-26/h2-3,6-11H,1,4-5,12-14H2,(H,23,27). The molecule has 3 aromatic rings. The maximum atomic E-state index is 12.2. The Bertz CT molecular complexity index is 971. The van der Waals surface area contributed by atoms with E-state index in [-0.39, 0.29) is 11.7 Å². The average molecular weight is 429 g/mol. The molecule has 0 saturated carbocycles. The molecule has 29 heavy (non-hydrogen) atoms. The zero-order valence-electron chi connectivity index (χ0n) is 15.8. The number of carbonyl (C=O) groups excluding carboxylic acids is 1. The van der Waals surface area contributed by atoms with Crippen LogP contribution in [0, 0.1) is 0 Å². The summed E-state index contributed by atoms with van der Waals surface area (Å²) in [6.07, 6.45) is 3.79. The normalized spacial score (nSPS) is 14.0. The fourth-order valence-electron chi connectivity index (χ4n) is 3.24. The molecule has 8 heteroatoms. The Morgan fingerprint density at radius 3 is 2.59 bits per heavy atom. The molecule has 1 aliphatic heterocycles. The van der Waals surface area contributed by atoms with Crippen LogP contribution in [0.4, 0.5) is 11.4 Å². The SMILES string of the molecule is O=C(CSc1nnc(-c2ccccc2Cl)o1)Nc1ccc(N2CCCCC2)cc1. The fourth-order valence-corrected chi connectivity index (χ4v) is 4.02. The predicted molar refractivity (Wildman–Crippen MR) is 117 cm³/mol. The molecule has 0 aliphatic carbocycles. The van der Waals surface area contributed by atoms with Crippen LogP contribution in [0.25, 0.3) is 11.5 Å². The van der Waals surface area contributed by atoms with E-state index in [4.69, 9.17) is 16.0 Å². The van der Waals surface area contributed by atoms with Gasteiger partial charge in [0.25, 0.3) is 5.22 Å². The fraction of sp³-hybridized carbons (Fsp3) is 0.286. The molecule has 1 amide bonds. The number of carbonyl (C=O) groups is 1. The van der Waals surface area contributed by atoms with Crippen molar-refractivity contribution in [3.63, 3.8) is 0 Å². The molecule has 0 unspecified atom stereocenters. The lowest BCUT2D eigenvalue weighted by atomic mass is 10.1. The zero-order chi connectivity index (χ0) is 20.1. The first-order valence-electron chi connectivity index (χ1n) is 9.55. The third-order valence-corrected chi connectivity index (χ3v) is 5.86. The molecule has 1 saturated heterocycles. The summed E-state index contributed by atoms with van der Waals surface area (Å²) in [7, 11) is 0. The van der Waals surface area contributed by atoms with Gasteiger partial charge in [-0.15, -0.1) is 10.2 Å². The van der Waals surface area contributed by atoms with Gasteiger partial charge >= 0.3 is 0 Å². The summed E-state index contributed by atoms with van der Waals surface area (Å²) < 4.78 is 5.60. The summed E-state index contributed by atoms with van der Waals surface area (Å²) in [5.41, 5.74) is 2.65. The van der Waals surface area contributed by atoms with Gasteiger partial charge in [0, 0.05) is 24.5 Å². The lowest BCUT2D eigenvalue weighted by Crippen LogP contribution is -2.29. The molecule has 1 N–H and O–H groups in total. The Hall–Kier alpha value is -2.51. The molecule has 0 radical (unpaired) electrons. The Labute approximate surface area is 178 Å². The smallest absolute Gasteiger partial charge is 0.277 e. The molecule has 150 valence electrons. The average Bonchev–Trinajstić information content (AvgIpc) is 3.23. The minimum Gasteiger partial charge on any atom is -0.411 e. The van der Waals surface area contributed by atoms with Crippen molar-refractivity contribution >= 4 is 40.6 Å². The van der Waals surface area contributed by atoms with Crippen LogP contribution in [0.3, 0.4) is 0 Å². The van der Waals surface area contributed by atoms with Crippen LogP contribution in [0.1, 0.15) is 19.3 Å². The van der Waals surface area contributed by atoms with Gasteiger partial charge in [0.2, 0.25) is 11.8 Å². The third kappa shape index (κ3) is 5.10. The van der Waals surface area contributed by atoms with Crippen molar-refractivity contribution in [1.29, 1.82) is 0 Å². The highest BCUT2D eigenvalue weighted by Crippen LogP contribution is 2.28. The largest absolute Gasteiger partial charge is 0.411 e. The summed E-state index contributed by atoms with van der Waals surface area (Å²) >= 11 is 7.34. The van der Waals surface area contributed by atoms with Crippen molar-refractivity contribution in [2.75, 3.05) is 29.1 Å². The van der Waals surface area contributed by atoms with Gasteiger partial charge in [-0.25, -0.2) is 0 Å². The number of thioether (sulfide) groups is 1. The minimum atomic E-state index is -0.127. The molecule has 2 heterocycles. The van der Waals surface area contributed by atoms with Crippen molar-refractivity contribution in [2.45, 2.75) is 24.5 Å². The van der Waals surface area contributed by atoms with Gasteiger partial charge in [-0.05, 0) is 55.7 Å². The van der Waals surface area contributed by atoms with Gasteiger partial charge < -0.3 is 14.6 Å². The molecule has 0 spiro atoms. The molecule has 4 rings (SSSR count). The maximum Gasteiger partial charge on any atom is 0.277 e.